The van der Waals surface area contributed by atoms with Crippen molar-refractivity contribution in [1.82, 2.24) is 0 Å². The second-order valence-corrected chi connectivity index (χ2v) is 7.22. The first-order valence-corrected chi connectivity index (χ1v) is 9.09. The maximum atomic E-state index is 13.4. The van der Waals surface area contributed by atoms with E-state index in [4.69, 9.17) is 0 Å². The van der Waals surface area contributed by atoms with Gasteiger partial charge in [0, 0.05) is 11.0 Å². The van der Waals surface area contributed by atoms with Crippen molar-refractivity contribution >= 4 is 5.57 Å². The smallest absolute Gasteiger partial charge is 0.123 e. The van der Waals surface area contributed by atoms with Crippen molar-refractivity contribution in [2.45, 2.75) is 19.3 Å². The largest absolute Gasteiger partial charge is 0.207 e. The molecule has 0 unspecified atom stereocenters. The van der Waals surface area contributed by atoms with Crippen LogP contribution in [0.3, 0.4) is 0 Å². The lowest BCUT2D eigenvalue weighted by atomic mass is 9.94. The van der Waals surface area contributed by atoms with Gasteiger partial charge in [-0.05, 0) is 52.4 Å². The lowest BCUT2D eigenvalue weighted by Gasteiger charge is -2.09. The van der Waals surface area contributed by atoms with Gasteiger partial charge in [0.2, 0.25) is 0 Å². The van der Waals surface area contributed by atoms with Crippen LogP contribution in [0.15, 0.2) is 90.2 Å². The average Bonchev–Trinajstić information content (AvgIpc) is 3.23. The standard InChI is InChI=1S/C25H20F2/c1-17-24(25(17,2)20-6-4-3-5-7-20)16-23(18-8-12-21(26)13-9-18)19-10-14-22(27)15-11-19/h3-15,17H,1-2H3/t17-,25+/m1/s1. The van der Waals surface area contributed by atoms with Gasteiger partial charge in [-0.25, -0.2) is 8.78 Å². The summed E-state index contributed by atoms with van der Waals surface area (Å²) < 4.78 is 26.8. The Kier molecular flexibility index (Phi) is 4.30. The van der Waals surface area contributed by atoms with Crippen molar-refractivity contribution < 1.29 is 8.78 Å². The first-order chi connectivity index (χ1) is 13.0. The summed E-state index contributed by atoms with van der Waals surface area (Å²) in [5, 5.41) is 0. The number of hydrogen-bond acceptors (Lipinski definition) is 0. The van der Waals surface area contributed by atoms with Crippen LogP contribution in [0, 0.1) is 17.6 Å². The minimum absolute atomic E-state index is 0.0629. The van der Waals surface area contributed by atoms with Crippen molar-refractivity contribution in [2.75, 3.05) is 0 Å². The molecule has 1 aliphatic carbocycles. The van der Waals surface area contributed by atoms with Crippen LogP contribution in [0.4, 0.5) is 8.78 Å². The zero-order chi connectivity index (χ0) is 19.0. The van der Waals surface area contributed by atoms with Crippen molar-refractivity contribution in [2.24, 2.45) is 5.92 Å². The second kappa shape index (κ2) is 6.64. The number of halogens is 2. The molecule has 0 saturated heterocycles. The minimum atomic E-state index is -0.279. The zero-order valence-electron chi connectivity index (χ0n) is 15.3. The third-order valence-electron chi connectivity index (χ3n) is 5.67. The number of allylic oxidation sites excluding steroid dienone is 1. The Hall–Kier alpha value is -2.96. The predicted molar refractivity (Wildman–Crippen MR) is 105 cm³/mol. The lowest BCUT2D eigenvalue weighted by Crippen LogP contribution is -2.02. The van der Waals surface area contributed by atoms with Gasteiger partial charge < -0.3 is 0 Å². The molecule has 3 aromatic carbocycles. The Balaban J connectivity index is 1.90. The van der Waals surface area contributed by atoms with Crippen LogP contribution in [-0.2, 0) is 5.41 Å². The highest BCUT2D eigenvalue weighted by atomic mass is 19.1. The molecule has 0 radical (unpaired) electrons. The maximum absolute atomic E-state index is 13.4. The van der Waals surface area contributed by atoms with Crippen LogP contribution in [0.25, 0.3) is 5.57 Å². The van der Waals surface area contributed by atoms with E-state index in [-0.39, 0.29) is 17.0 Å². The van der Waals surface area contributed by atoms with Gasteiger partial charge in [0.05, 0.1) is 0 Å². The van der Waals surface area contributed by atoms with Gasteiger partial charge in [0.1, 0.15) is 11.6 Å². The molecule has 3 aromatic rings. The zero-order valence-corrected chi connectivity index (χ0v) is 15.3. The fraction of sp³-hybridized carbons (Fsp3) is 0.160. The molecule has 134 valence electrons. The Morgan fingerprint density at radius 1 is 0.778 bits per heavy atom. The monoisotopic (exact) mass is 358 g/mol. The molecule has 4 rings (SSSR count). The average molecular weight is 358 g/mol. The van der Waals surface area contributed by atoms with E-state index < -0.39 is 0 Å². The van der Waals surface area contributed by atoms with E-state index in [2.05, 4.69) is 31.7 Å². The lowest BCUT2D eigenvalue weighted by molar-refractivity contribution is 0.627. The van der Waals surface area contributed by atoms with E-state index >= 15 is 0 Å². The van der Waals surface area contributed by atoms with Crippen LogP contribution < -0.4 is 0 Å². The quantitative estimate of drug-likeness (QED) is 0.467. The first kappa shape index (κ1) is 17.5. The topological polar surface area (TPSA) is 0 Å². The molecule has 0 bridgehead atoms. The van der Waals surface area contributed by atoms with E-state index in [9.17, 15) is 8.78 Å². The van der Waals surface area contributed by atoms with Crippen molar-refractivity contribution in [3.63, 3.8) is 0 Å². The van der Waals surface area contributed by atoms with Gasteiger partial charge in [-0.3, -0.25) is 0 Å². The molecular weight excluding hydrogens is 338 g/mol. The van der Waals surface area contributed by atoms with Gasteiger partial charge in [-0.2, -0.15) is 0 Å². The highest BCUT2D eigenvalue weighted by Gasteiger charge is 2.54. The molecule has 1 saturated carbocycles. The van der Waals surface area contributed by atoms with Crippen LogP contribution >= 0.6 is 0 Å². The van der Waals surface area contributed by atoms with Crippen LogP contribution in [0.2, 0.25) is 0 Å². The van der Waals surface area contributed by atoms with Crippen molar-refractivity contribution in [3.8, 4) is 0 Å². The molecule has 0 aliphatic heterocycles. The number of rotatable bonds is 3. The summed E-state index contributed by atoms with van der Waals surface area (Å²) in [6.45, 7) is 4.42. The van der Waals surface area contributed by atoms with Crippen molar-refractivity contribution in [1.29, 1.82) is 0 Å². The summed E-state index contributed by atoms with van der Waals surface area (Å²) in [6.07, 6.45) is 0. The molecule has 1 aliphatic rings. The first-order valence-electron chi connectivity index (χ1n) is 9.09. The molecule has 0 amide bonds. The highest BCUT2D eigenvalue weighted by molar-refractivity contribution is 5.80. The summed E-state index contributed by atoms with van der Waals surface area (Å²) in [7, 11) is 0. The second-order valence-electron chi connectivity index (χ2n) is 7.22. The fourth-order valence-corrected chi connectivity index (χ4v) is 3.73. The molecule has 0 aromatic heterocycles. The van der Waals surface area contributed by atoms with Gasteiger partial charge in [-0.15, -0.1) is 5.73 Å². The molecule has 0 nitrogen and oxygen atoms in total. The van der Waals surface area contributed by atoms with E-state index in [0.717, 1.165) is 16.7 Å². The van der Waals surface area contributed by atoms with Gasteiger partial charge in [-0.1, -0.05) is 68.4 Å². The number of hydrogen-bond donors (Lipinski definition) is 0. The molecule has 0 spiro atoms. The molecule has 0 N–H and O–H groups in total. The Morgan fingerprint density at radius 2 is 1.26 bits per heavy atom. The van der Waals surface area contributed by atoms with E-state index in [1.54, 1.807) is 24.3 Å². The Labute approximate surface area is 158 Å². The molecule has 27 heavy (non-hydrogen) atoms. The minimum Gasteiger partial charge on any atom is -0.207 e. The Bertz CT molecular complexity index is 976. The number of benzene rings is 3. The summed E-state index contributed by atoms with van der Waals surface area (Å²) in [5.41, 5.74) is 8.58. The van der Waals surface area contributed by atoms with E-state index in [1.807, 2.05) is 18.2 Å². The third-order valence-corrected chi connectivity index (χ3v) is 5.67. The fourth-order valence-electron chi connectivity index (χ4n) is 3.73. The van der Waals surface area contributed by atoms with E-state index in [0.29, 0.717) is 5.92 Å². The van der Waals surface area contributed by atoms with Gasteiger partial charge in [0.25, 0.3) is 0 Å². The normalized spacial score (nSPS) is 20.9. The molecule has 2 heteroatoms. The summed E-state index contributed by atoms with van der Waals surface area (Å²) in [4.78, 5) is 0. The van der Waals surface area contributed by atoms with E-state index in [1.165, 1.54) is 35.4 Å². The molecule has 1 fully saturated rings. The summed E-state index contributed by atoms with van der Waals surface area (Å²) in [5.74, 6) is -0.201. The summed E-state index contributed by atoms with van der Waals surface area (Å²) >= 11 is 0. The SMILES string of the molecule is C[C@@H]1C(=C=C(c2ccc(F)cc2)c2ccc(F)cc2)[C@]1(C)c1ccccc1. The van der Waals surface area contributed by atoms with Crippen LogP contribution in [0.1, 0.15) is 30.5 Å². The maximum Gasteiger partial charge on any atom is 0.123 e. The van der Waals surface area contributed by atoms with Gasteiger partial charge >= 0.3 is 0 Å². The molecule has 2 atom stereocenters. The van der Waals surface area contributed by atoms with Crippen LogP contribution in [0.5, 0.6) is 0 Å². The third kappa shape index (κ3) is 3.13. The molecular formula is C25H20F2. The highest BCUT2D eigenvalue weighted by Crippen LogP contribution is 2.58. The van der Waals surface area contributed by atoms with Crippen LogP contribution in [-0.4, -0.2) is 0 Å². The summed E-state index contributed by atoms with van der Waals surface area (Å²) in [6, 6.07) is 23.1. The Morgan fingerprint density at radius 3 is 1.74 bits per heavy atom. The van der Waals surface area contributed by atoms with Crippen molar-refractivity contribution in [3.05, 3.63) is 118 Å². The van der Waals surface area contributed by atoms with Gasteiger partial charge in [0.15, 0.2) is 0 Å². The predicted octanol–water partition coefficient (Wildman–Crippen LogP) is 6.53. The molecule has 0 heterocycles.